The van der Waals surface area contributed by atoms with Gasteiger partial charge in [-0.05, 0) is 37.6 Å². The van der Waals surface area contributed by atoms with E-state index in [0.717, 1.165) is 5.56 Å². The molecule has 1 aliphatic heterocycles. The van der Waals surface area contributed by atoms with Crippen LogP contribution in [0.15, 0.2) is 48.5 Å². The Morgan fingerprint density at radius 2 is 1.96 bits per heavy atom. The number of amides is 2. The highest BCUT2D eigenvalue weighted by atomic mass is 19.1. The van der Waals surface area contributed by atoms with Crippen LogP contribution in [0.1, 0.15) is 42.2 Å². The highest BCUT2D eigenvalue weighted by Crippen LogP contribution is 2.31. The van der Waals surface area contributed by atoms with Crippen LogP contribution in [0.2, 0.25) is 0 Å². The molecule has 4 nitrogen and oxygen atoms in total. The van der Waals surface area contributed by atoms with E-state index in [0.29, 0.717) is 5.69 Å². The molecule has 2 aromatic rings. The van der Waals surface area contributed by atoms with Crippen LogP contribution in [0.3, 0.4) is 0 Å². The molecular formula is C19H19FN2O2. The summed E-state index contributed by atoms with van der Waals surface area (Å²) in [6.07, 6.45) is 0.184. The maximum absolute atomic E-state index is 13.5. The summed E-state index contributed by atoms with van der Waals surface area (Å²) in [4.78, 5) is 26.4. The molecule has 124 valence electrons. The first kappa shape index (κ1) is 16.2. The maximum Gasteiger partial charge on any atom is 0.322 e. The molecule has 0 fully saturated rings. The Labute approximate surface area is 140 Å². The quantitative estimate of drug-likeness (QED) is 0.904. The monoisotopic (exact) mass is 326 g/mol. The summed E-state index contributed by atoms with van der Waals surface area (Å²) in [7, 11) is 0. The average Bonchev–Trinajstić information content (AvgIpc) is 2.56. The molecule has 0 spiro atoms. The lowest BCUT2D eigenvalue weighted by Gasteiger charge is -2.35. The summed E-state index contributed by atoms with van der Waals surface area (Å²) in [5.41, 5.74) is 1.71. The fourth-order valence-corrected chi connectivity index (χ4v) is 3.04. The number of nitrogens with one attached hydrogen (secondary N) is 1. The predicted molar refractivity (Wildman–Crippen MR) is 90.7 cm³/mol. The van der Waals surface area contributed by atoms with Crippen LogP contribution in [0, 0.1) is 5.82 Å². The lowest BCUT2D eigenvalue weighted by atomic mass is 9.95. The summed E-state index contributed by atoms with van der Waals surface area (Å²) >= 11 is 0. The van der Waals surface area contributed by atoms with Crippen LogP contribution in [0.5, 0.6) is 0 Å². The van der Waals surface area contributed by atoms with E-state index in [1.165, 1.54) is 23.1 Å². The van der Waals surface area contributed by atoms with Crippen LogP contribution in [-0.2, 0) is 0 Å². The Morgan fingerprint density at radius 1 is 1.25 bits per heavy atom. The summed E-state index contributed by atoms with van der Waals surface area (Å²) in [6.45, 7) is 3.72. The molecule has 24 heavy (non-hydrogen) atoms. The second-order valence-electron chi connectivity index (χ2n) is 6.09. The molecule has 0 aliphatic carbocycles. The minimum absolute atomic E-state index is 0.142. The second kappa shape index (κ2) is 6.43. The molecule has 1 N–H and O–H groups in total. The van der Waals surface area contributed by atoms with Gasteiger partial charge in [-0.3, -0.25) is 9.69 Å². The zero-order valence-electron chi connectivity index (χ0n) is 13.6. The zero-order chi connectivity index (χ0) is 17.3. The molecule has 1 heterocycles. The van der Waals surface area contributed by atoms with Gasteiger partial charge in [0, 0.05) is 18.0 Å². The lowest BCUT2D eigenvalue weighted by molar-refractivity contribution is 0.0969. The molecule has 3 rings (SSSR count). The highest BCUT2D eigenvalue weighted by molar-refractivity contribution is 6.09. The number of benzene rings is 2. The second-order valence-corrected chi connectivity index (χ2v) is 6.09. The number of hydrogen-bond acceptors (Lipinski definition) is 2. The van der Waals surface area contributed by atoms with E-state index in [9.17, 15) is 14.0 Å². The van der Waals surface area contributed by atoms with E-state index in [1.54, 1.807) is 0 Å². The van der Waals surface area contributed by atoms with Gasteiger partial charge in [0.1, 0.15) is 5.82 Å². The van der Waals surface area contributed by atoms with Gasteiger partial charge in [-0.1, -0.05) is 30.3 Å². The molecule has 0 unspecified atom stereocenters. The molecule has 0 saturated heterocycles. The molecular weight excluding hydrogens is 307 g/mol. The molecule has 0 radical (unpaired) electrons. The number of rotatable bonds is 2. The number of ketones is 1. The number of urea groups is 1. The van der Waals surface area contributed by atoms with Crippen molar-refractivity contribution < 1.29 is 14.0 Å². The van der Waals surface area contributed by atoms with Gasteiger partial charge in [-0.2, -0.15) is 0 Å². The standard InChI is InChI=1S/C19H19FN2O2/c1-12-10-18(23)16-11-15(20)8-9-17(16)22(12)19(24)21-13(2)14-6-4-3-5-7-14/h3-9,11-13H,10H2,1-2H3,(H,21,24)/t12-,13-/m1/s1. The van der Waals surface area contributed by atoms with Gasteiger partial charge in [0.15, 0.2) is 5.78 Å². The highest BCUT2D eigenvalue weighted by Gasteiger charge is 2.33. The van der Waals surface area contributed by atoms with E-state index >= 15 is 0 Å². The van der Waals surface area contributed by atoms with E-state index in [-0.39, 0.29) is 35.9 Å². The van der Waals surface area contributed by atoms with Crippen LogP contribution in [-0.4, -0.2) is 17.9 Å². The number of anilines is 1. The van der Waals surface area contributed by atoms with Gasteiger partial charge >= 0.3 is 6.03 Å². The summed E-state index contributed by atoms with van der Waals surface area (Å²) in [6, 6.07) is 12.8. The Kier molecular flexibility index (Phi) is 4.34. The van der Waals surface area contributed by atoms with E-state index < -0.39 is 5.82 Å². The first-order valence-electron chi connectivity index (χ1n) is 7.95. The Balaban J connectivity index is 1.87. The van der Waals surface area contributed by atoms with Crippen molar-refractivity contribution in [2.24, 2.45) is 0 Å². The third kappa shape index (κ3) is 3.02. The average molecular weight is 326 g/mol. The summed E-state index contributed by atoms with van der Waals surface area (Å²) in [5.74, 6) is -0.619. The fraction of sp³-hybridized carbons (Fsp3) is 0.263. The molecule has 2 amide bonds. The number of fused-ring (bicyclic) bond motifs is 1. The van der Waals surface area contributed by atoms with E-state index in [1.807, 2.05) is 44.2 Å². The lowest BCUT2D eigenvalue weighted by Crippen LogP contribution is -2.49. The molecule has 0 aromatic heterocycles. The minimum atomic E-state index is -0.477. The number of carbonyl (C=O) groups excluding carboxylic acids is 2. The Morgan fingerprint density at radius 3 is 2.67 bits per heavy atom. The molecule has 2 atom stereocenters. The number of hydrogen-bond donors (Lipinski definition) is 1. The topological polar surface area (TPSA) is 49.4 Å². The number of Topliss-reactive ketones (excluding diaryl/α,β-unsaturated/α-hetero) is 1. The maximum atomic E-state index is 13.5. The summed E-state index contributed by atoms with van der Waals surface area (Å²) < 4.78 is 13.5. The minimum Gasteiger partial charge on any atom is -0.331 e. The van der Waals surface area contributed by atoms with Crippen molar-refractivity contribution in [2.45, 2.75) is 32.4 Å². The molecule has 0 saturated carbocycles. The van der Waals surface area contributed by atoms with Crippen molar-refractivity contribution in [3.05, 3.63) is 65.5 Å². The fourth-order valence-electron chi connectivity index (χ4n) is 3.04. The number of carbonyl (C=O) groups is 2. The summed E-state index contributed by atoms with van der Waals surface area (Å²) in [5, 5.41) is 2.95. The third-order valence-electron chi connectivity index (χ3n) is 4.30. The number of halogens is 1. The van der Waals surface area contributed by atoms with Crippen molar-refractivity contribution in [1.82, 2.24) is 5.32 Å². The van der Waals surface area contributed by atoms with Crippen LogP contribution in [0.25, 0.3) is 0 Å². The van der Waals surface area contributed by atoms with Crippen molar-refractivity contribution in [3.63, 3.8) is 0 Å². The van der Waals surface area contributed by atoms with Crippen molar-refractivity contribution in [2.75, 3.05) is 4.90 Å². The van der Waals surface area contributed by atoms with Gasteiger partial charge in [0.25, 0.3) is 0 Å². The van der Waals surface area contributed by atoms with E-state index in [4.69, 9.17) is 0 Å². The third-order valence-corrected chi connectivity index (χ3v) is 4.30. The molecule has 1 aliphatic rings. The SMILES string of the molecule is C[C@@H]1CC(=O)c2cc(F)ccc2N1C(=O)N[C@H](C)c1ccccc1. The van der Waals surface area contributed by atoms with Crippen molar-refractivity contribution in [3.8, 4) is 0 Å². The smallest absolute Gasteiger partial charge is 0.322 e. The van der Waals surface area contributed by atoms with Gasteiger partial charge in [-0.15, -0.1) is 0 Å². The normalized spacial score (nSPS) is 18.0. The van der Waals surface area contributed by atoms with E-state index in [2.05, 4.69) is 5.32 Å². The van der Waals surface area contributed by atoms with Gasteiger partial charge in [-0.25, -0.2) is 9.18 Å². The first-order chi connectivity index (χ1) is 11.5. The number of nitrogens with zero attached hydrogens (tertiary/aromatic N) is 1. The largest absolute Gasteiger partial charge is 0.331 e. The molecule has 2 aromatic carbocycles. The van der Waals surface area contributed by atoms with Crippen molar-refractivity contribution in [1.29, 1.82) is 0 Å². The predicted octanol–water partition coefficient (Wildman–Crippen LogP) is 4.08. The first-order valence-corrected chi connectivity index (χ1v) is 7.95. The Hall–Kier alpha value is -2.69. The van der Waals surface area contributed by atoms with Gasteiger partial charge < -0.3 is 5.32 Å². The molecule has 5 heteroatoms. The van der Waals surface area contributed by atoms with Crippen LogP contribution < -0.4 is 10.2 Å². The zero-order valence-corrected chi connectivity index (χ0v) is 13.6. The van der Waals surface area contributed by atoms with Gasteiger partial charge in [0.2, 0.25) is 0 Å². The van der Waals surface area contributed by atoms with Crippen LogP contribution in [0.4, 0.5) is 14.9 Å². The Bertz CT molecular complexity index is 776. The van der Waals surface area contributed by atoms with Crippen LogP contribution >= 0.6 is 0 Å². The van der Waals surface area contributed by atoms with Gasteiger partial charge in [0.05, 0.1) is 11.7 Å². The molecule has 0 bridgehead atoms. The van der Waals surface area contributed by atoms with Crippen molar-refractivity contribution >= 4 is 17.5 Å².